The summed E-state index contributed by atoms with van der Waals surface area (Å²) in [6.45, 7) is 3.45. The van der Waals surface area contributed by atoms with Crippen LogP contribution in [0.3, 0.4) is 0 Å². The van der Waals surface area contributed by atoms with E-state index in [2.05, 4.69) is 26.2 Å². The van der Waals surface area contributed by atoms with Crippen LogP contribution in [-0.4, -0.2) is 37.4 Å². The number of aromatic nitrogens is 1. The first-order chi connectivity index (χ1) is 11.3. The predicted molar refractivity (Wildman–Crippen MR) is 98.8 cm³/mol. The molecule has 0 spiro atoms. The van der Waals surface area contributed by atoms with E-state index in [4.69, 9.17) is 0 Å². The second-order valence-corrected chi connectivity index (χ2v) is 8.72. The van der Waals surface area contributed by atoms with E-state index in [-0.39, 0.29) is 24.0 Å². The molecule has 1 aromatic heterocycles. The summed E-state index contributed by atoms with van der Waals surface area (Å²) >= 11 is 3.42. The zero-order chi connectivity index (χ0) is 17.7. The van der Waals surface area contributed by atoms with Gasteiger partial charge in [0.2, 0.25) is 0 Å². The number of carbonyl (C=O) groups is 1. The number of amides is 1. The number of sulfone groups is 1. The van der Waals surface area contributed by atoms with Crippen molar-refractivity contribution in [3.8, 4) is 11.3 Å². The minimum atomic E-state index is -3.09. The van der Waals surface area contributed by atoms with Gasteiger partial charge >= 0.3 is 0 Å². The molecule has 0 atom stereocenters. The highest BCUT2D eigenvalue weighted by molar-refractivity contribution is 9.10. The van der Waals surface area contributed by atoms with E-state index < -0.39 is 9.84 Å². The van der Waals surface area contributed by atoms with Gasteiger partial charge in [0, 0.05) is 22.3 Å². The molecular weight excluding hydrogens is 392 g/mol. The van der Waals surface area contributed by atoms with Gasteiger partial charge in [0.05, 0.1) is 22.7 Å². The second kappa shape index (κ2) is 7.90. The molecule has 1 heterocycles. The molecule has 24 heavy (non-hydrogen) atoms. The van der Waals surface area contributed by atoms with Gasteiger partial charge in [-0.3, -0.25) is 9.78 Å². The summed E-state index contributed by atoms with van der Waals surface area (Å²) in [5.74, 6) is -0.296. The molecule has 5 nitrogen and oxygen atoms in total. The van der Waals surface area contributed by atoms with Crippen molar-refractivity contribution in [2.45, 2.75) is 13.8 Å². The Labute approximate surface area is 150 Å². The smallest absolute Gasteiger partial charge is 0.253 e. The van der Waals surface area contributed by atoms with Gasteiger partial charge in [-0.15, -0.1) is 0 Å². The van der Waals surface area contributed by atoms with Crippen LogP contribution in [-0.2, 0) is 9.84 Å². The van der Waals surface area contributed by atoms with Crippen molar-refractivity contribution in [2.75, 3.05) is 18.1 Å². The van der Waals surface area contributed by atoms with Crippen molar-refractivity contribution in [3.05, 3.63) is 52.1 Å². The van der Waals surface area contributed by atoms with Crippen LogP contribution in [0.2, 0.25) is 0 Å². The van der Waals surface area contributed by atoms with Crippen LogP contribution in [0.4, 0.5) is 0 Å². The van der Waals surface area contributed by atoms with Crippen molar-refractivity contribution >= 4 is 31.7 Å². The average molecular weight is 411 g/mol. The summed E-state index contributed by atoms with van der Waals surface area (Å²) in [7, 11) is -3.09. The summed E-state index contributed by atoms with van der Waals surface area (Å²) in [5, 5.41) is 2.63. The van der Waals surface area contributed by atoms with E-state index in [1.54, 1.807) is 26.0 Å². The highest BCUT2D eigenvalue weighted by Gasteiger charge is 2.13. The van der Waals surface area contributed by atoms with E-state index in [0.29, 0.717) is 11.3 Å². The van der Waals surface area contributed by atoms with Gasteiger partial charge in [0.15, 0.2) is 9.84 Å². The zero-order valence-electron chi connectivity index (χ0n) is 13.5. The highest BCUT2D eigenvalue weighted by Crippen LogP contribution is 2.22. The molecule has 0 aliphatic heterocycles. The van der Waals surface area contributed by atoms with Crippen molar-refractivity contribution < 1.29 is 13.2 Å². The van der Waals surface area contributed by atoms with Gasteiger partial charge < -0.3 is 5.32 Å². The number of hydrogen-bond acceptors (Lipinski definition) is 4. The molecule has 0 aliphatic rings. The van der Waals surface area contributed by atoms with E-state index in [1.165, 1.54) is 0 Å². The first-order valence-corrected chi connectivity index (χ1v) is 10.2. The molecule has 0 fully saturated rings. The van der Waals surface area contributed by atoms with Crippen LogP contribution < -0.4 is 5.32 Å². The first kappa shape index (κ1) is 18.6. The number of pyridine rings is 1. The Morgan fingerprint density at radius 3 is 2.62 bits per heavy atom. The summed E-state index contributed by atoms with van der Waals surface area (Å²) in [5.41, 5.74) is 2.78. The fourth-order valence-electron chi connectivity index (χ4n) is 2.17. The Morgan fingerprint density at radius 1 is 1.25 bits per heavy atom. The van der Waals surface area contributed by atoms with Gasteiger partial charge in [-0.25, -0.2) is 8.42 Å². The van der Waals surface area contributed by atoms with Gasteiger partial charge in [-0.2, -0.15) is 0 Å². The fourth-order valence-corrected chi connectivity index (χ4v) is 3.27. The molecule has 0 radical (unpaired) electrons. The molecule has 0 unspecified atom stereocenters. The molecule has 2 aromatic rings. The SMILES string of the molecule is CCS(=O)(=O)CCNC(=O)c1ccc(-c2cccc(Br)c2)nc1C. The molecule has 1 aromatic carbocycles. The minimum Gasteiger partial charge on any atom is -0.351 e. The van der Waals surface area contributed by atoms with Gasteiger partial charge in [-0.1, -0.05) is 35.0 Å². The molecular formula is C17H19BrN2O3S. The minimum absolute atomic E-state index is 0.0577. The predicted octanol–water partition coefficient (Wildman–Crippen LogP) is 2.98. The lowest BCUT2D eigenvalue weighted by atomic mass is 10.1. The fraction of sp³-hybridized carbons (Fsp3) is 0.294. The molecule has 1 amide bonds. The normalized spacial score (nSPS) is 11.3. The van der Waals surface area contributed by atoms with E-state index in [9.17, 15) is 13.2 Å². The number of benzene rings is 1. The lowest BCUT2D eigenvalue weighted by molar-refractivity contribution is 0.0955. The quantitative estimate of drug-likeness (QED) is 0.793. The molecule has 0 bridgehead atoms. The van der Waals surface area contributed by atoms with Gasteiger partial charge in [-0.05, 0) is 31.2 Å². The van der Waals surface area contributed by atoms with Crippen LogP contribution in [0.5, 0.6) is 0 Å². The molecule has 0 saturated heterocycles. The maximum absolute atomic E-state index is 12.2. The van der Waals surface area contributed by atoms with Gasteiger partial charge in [0.25, 0.3) is 5.91 Å². The third-order valence-electron chi connectivity index (χ3n) is 3.59. The monoisotopic (exact) mass is 410 g/mol. The van der Waals surface area contributed by atoms with Crippen LogP contribution in [0.25, 0.3) is 11.3 Å². The average Bonchev–Trinajstić information content (AvgIpc) is 2.54. The van der Waals surface area contributed by atoms with Gasteiger partial charge in [0.1, 0.15) is 0 Å². The maximum Gasteiger partial charge on any atom is 0.253 e. The number of aryl methyl sites for hydroxylation is 1. The maximum atomic E-state index is 12.2. The second-order valence-electron chi connectivity index (χ2n) is 5.33. The largest absolute Gasteiger partial charge is 0.351 e. The molecule has 0 aliphatic carbocycles. The standard InChI is InChI=1S/C17H19BrN2O3S/c1-3-24(22,23)10-9-19-17(21)15-7-8-16(20-12(15)2)13-5-4-6-14(18)11-13/h4-8,11H,3,9-10H2,1-2H3,(H,19,21). The number of nitrogens with zero attached hydrogens (tertiary/aromatic N) is 1. The zero-order valence-corrected chi connectivity index (χ0v) is 15.9. The molecule has 7 heteroatoms. The Hall–Kier alpha value is -1.73. The summed E-state index contributed by atoms with van der Waals surface area (Å²) < 4.78 is 23.8. The molecule has 128 valence electrons. The van der Waals surface area contributed by atoms with Crippen LogP contribution >= 0.6 is 15.9 Å². The topological polar surface area (TPSA) is 76.1 Å². The van der Waals surface area contributed by atoms with Crippen molar-refractivity contribution in [3.63, 3.8) is 0 Å². The molecule has 2 rings (SSSR count). The highest BCUT2D eigenvalue weighted by atomic mass is 79.9. The third kappa shape index (κ3) is 4.88. The lowest BCUT2D eigenvalue weighted by Gasteiger charge is -2.09. The van der Waals surface area contributed by atoms with E-state index >= 15 is 0 Å². The van der Waals surface area contributed by atoms with Crippen LogP contribution in [0.1, 0.15) is 23.0 Å². The molecule has 0 saturated carbocycles. The summed E-state index contributed by atoms with van der Waals surface area (Å²) in [6, 6.07) is 11.3. The Bertz CT molecular complexity index is 851. The van der Waals surface area contributed by atoms with Crippen molar-refractivity contribution in [1.29, 1.82) is 0 Å². The number of halogens is 1. The van der Waals surface area contributed by atoms with Crippen molar-refractivity contribution in [2.24, 2.45) is 0 Å². The number of carbonyl (C=O) groups excluding carboxylic acids is 1. The summed E-state index contributed by atoms with van der Waals surface area (Å²) in [4.78, 5) is 16.7. The first-order valence-electron chi connectivity index (χ1n) is 7.54. The van der Waals surface area contributed by atoms with Crippen LogP contribution in [0.15, 0.2) is 40.9 Å². The number of nitrogens with one attached hydrogen (secondary N) is 1. The Balaban J connectivity index is 2.11. The van der Waals surface area contributed by atoms with E-state index in [0.717, 1.165) is 15.7 Å². The van der Waals surface area contributed by atoms with E-state index in [1.807, 2.05) is 24.3 Å². The summed E-state index contributed by atoms with van der Waals surface area (Å²) in [6.07, 6.45) is 0. The Morgan fingerprint density at radius 2 is 2.00 bits per heavy atom. The number of rotatable bonds is 6. The van der Waals surface area contributed by atoms with Crippen LogP contribution in [0, 0.1) is 6.92 Å². The third-order valence-corrected chi connectivity index (χ3v) is 5.79. The molecule has 1 N–H and O–H groups in total. The number of hydrogen-bond donors (Lipinski definition) is 1. The Kier molecular flexibility index (Phi) is 6.12. The van der Waals surface area contributed by atoms with Crippen molar-refractivity contribution in [1.82, 2.24) is 10.3 Å². The lowest BCUT2D eigenvalue weighted by Crippen LogP contribution is -2.30.